The summed E-state index contributed by atoms with van der Waals surface area (Å²) < 4.78 is 11.6. The number of likely N-dealkylation sites (N-methyl/N-ethyl adjacent to an activating group) is 1. The van der Waals surface area contributed by atoms with Crippen LogP contribution in [0.5, 0.6) is 5.75 Å². The van der Waals surface area contributed by atoms with Gasteiger partial charge in [0.1, 0.15) is 56.9 Å². The van der Waals surface area contributed by atoms with Gasteiger partial charge >= 0.3 is 0 Å². The van der Waals surface area contributed by atoms with Crippen LogP contribution in [0.4, 0.5) is 0 Å². The number of piperazine rings is 1. The lowest BCUT2D eigenvalue weighted by Crippen LogP contribution is -3.27. The monoisotopic (exact) mass is 366 g/mol. The van der Waals surface area contributed by atoms with E-state index in [0.29, 0.717) is 23.1 Å². The second-order valence-electron chi connectivity index (χ2n) is 7.31. The van der Waals surface area contributed by atoms with Crippen molar-refractivity contribution in [3.63, 3.8) is 0 Å². The highest BCUT2D eigenvalue weighted by Gasteiger charge is 2.19. The predicted octanol–water partition coefficient (Wildman–Crippen LogP) is 0.252. The molecule has 0 saturated carbocycles. The minimum absolute atomic E-state index is 0.0154. The first kappa shape index (κ1) is 17.8. The Balaban J connectivity index is 1.46. The first-order chi connectivity index (χ1) is 13.2. The van der Waals surface area contributed by atoms with E-state index >= 15 is 0 Å². The highest BCUT2D eigenvalue weighted by Crippen LogP contribution is 2.22. The number of benzene rings is 2. The zero-order valence-corrected chi connectivity index (χ0v) is 15.7. The summed E-state index contributed by atoms with van der Waals surface area (Å²) in [6.45, 7) is 6.52. The smallest absolute Gasteiger partial charge is 0.200 e. The number of fused-ring (bicyclic) bond motifs is 1. The molecular weight excluding hydrogens is 340 g/mol. The summed E-state index contributed by atoms with van der Waals surface area (Å²) in [7, 11) is 2.25. The lowest BCUT2D eigenvalue weighted by molar-refractivity contribution is -1.00. The van der Waals surface area contributed by atoms with E-state index in [-0.39, 0.29) is 5.43 Å². The van der Waals surface area contributed by atoms with E-state index in [1.165, 1.54) is 26.2 Å². The molecule has 27 heavy (non-hydrogen) atoms. The third-order valence-corrected chi connectivity index (χ3v) is 5.37. The maximum atomic E-state index is 12.8. The Kier molecular flexibility index (Phi) is 5.23. The number of ether oxygens (including phenoxy) is 1. The van der Waals surface area contributed by atoms with Crippen LogP contribution in [0.3, 0.4) is 0 Å². The lowest BCUT2D eigenvalue weighted by atomic mass is 10.1. The highest BCUT2D eigenvalue weighted by atomic mass is 16.5. The van der Waals surface area contributed by atoms with Crippen molar-refractivity contribution in [2.75, 3.05) is 46.4 Å². The summed E-state index contributed by atoms with van der Waals surface area (Å²) in [6, 6.07) is 15.1. The lowest BCUT2D eigenvalue weighted by Gasteiger charge is -2.27. The van der Waals surface area contributed by atoms with Gasteiger partial charge in [0.15, 0.2) is 5.43 Å². The number of quaternary nitrogens is 2. The van der Waals surface area contributed by atoms with Crippen LogP contribution < -0.4 is 20.0 Å². The van der Waals surface area contributed by atoms with Crippen molar-refractivity contribution in [3.8, 4) is 16.9 Å². The molecule has 5 nitrogen and oxygen atoms in total. The predicted molar refractivity (Wildman–Crippen MR) is 106 cm³/mol. The quantitative estimate of drug-likeness (QED) is 0.681. The number of rotatable bonds is 5. The Bertz CT molecular complexity index is 960. The van der Waals surface area contributed by atoms with Crippen LogP contribution in [-0.4, -0.2) is 46.4 Å². The molecule has 0 atom stereocenters. The molecule has 5 heteroatoms. The van der Waals surface area contributed by atoms with Crippen molar-refractivity contribution in [2.45, 2.75) is 0 Å². The molecule has 0 aliphatic carbocycles. The highest BCUT2D eigenvalue weighted by molar-refractivity contribution is 5.82. The van der Waals surface area contributed by atoms with Crippen molar-refractivity contribution < 1.29 is 19.0 Å². The molecule has 0 bridgehead atoms. The van der Waals surface area contributed by atoms with E-state index in [4.69, 9.17) is 9.15 Å². The Morgan fingerprint density at radius 2 is 1.81 bits per heavy atom. The van der Waals surface area contributed by atoms with E-state index < -0.39 is 0 Å². The number of hydrogen-bond donors (Lipinski definition) is 2. The van der Waals surface area contributed by atoms with Crippen molar-refractivity contribution in [3.05, 3.63) is 65.0 Å². The first-order valence-corrected chi connectivity index (χ1v) is 9.59. The van der Waals surface area contributed by atoms with Gasteiger partial charge in [-0.25, -0.2) is 0 Å². The van der Waals surface area contributed by atoms with Gasteiger partial charge in [-0.3, -0.25) is 4.79 Å². The van der Waals surface area contributed by atoms with Gasteiger partial charge in [-0.2, -0.15) is 0 Å². The molecular formula is C22H26N2O3+2. The van der Waals surface area contributed by atoms with Gasteiger partial charge in [-0.1, -0.05) is 30.3 Å². The fourth-order valence-electron chi connectivity index (χ4n) is 3.61. The summed E-state index contributed by atoms with van der Waals surface area (Å²) >= 11 is 0. The molecule has 1 aliphatic rings. The van der Waals surface area contributed by atoms with Crippen molar-refractivity contribution >= 4 is 11.0 Å². The molecule has 1 saturated heterocycles. The van der Waals surface area contributed by atoms with Gasteiger partial charge in [0, 0.05) is 6.07 Å². The average Bonchev–Trinajstić information content (AvgIpc) is 2.70. The van der Waals surface area contributed by atoms with Crippen LogP contribution in [0.2, 0.25) is 0 Å². The molecule has 0 unspecified atom stereocenters. The topological polar surface area (TPSA) is 48.3 Å². The Hall–Kier alpha value is -2.63. The van der Waals surface area contributed by atoms with Crippen LogP contribution in [0, 0.1) is 0 Å². The first-order valence-electron chi connectivity index (χ1n) is 9.59. The summed E-state index contributed by atoms with van der Waals surface area (Å²) in [5.74, 6) is 0.747. The molecule has 2 aromatic carbocycles. The average molecular weight is 366 g/mol. The van der Waals surface area contributed by atoms with Gasteiger partial charge in [0.25, 0.3) is 0 Å². The van der Waals surface area contributed by atoms with Gasteiger partial charge in [0.2, 0.25) is 0 Å². The Morgan fingerprint density at radius 3 is 2.59 bits per heavy atom. The van der Waals surface area contributed by atoms with Crippen LogP contribution in [0.1, 0.15) is 0 Å². The normalized spacial score (nSPS) is 19.9. The van der Waals surface area contributed by atoms with Crippen LogP contribution in [-0.2, 0) is 0 Å². The van der Waals surface area contributed by atoms with Crippen LogP contribution in [0.15, 0.2) is 64.0 Å². The molecule has 1 aromatic heterocycles. The third-order valence-electron chi connectivity index (χ3n) is 5.37. The summed E-state index contributed by atoms with van der Waals surface area (Å²) in [4.78, 5) is 16.0. The van der Waals surface area contributed by atoms with E-state index in [0.717, 1.165) is 17.9 Å². The van der Waals surface area contributed by atoms with Crippen molar-refractivity contribution in [2.24, 2.45) is 0 Å². The van der Waals surface area contributed by atoms with Crippen molar-refractivity contribution in [1.82, 2.24) is 0 Å². The van der Waals surface area contributed by atoms with E-state index in [2.05, 4.69) is 7.05 Å². The molecule has 140 valence electrons. The Morgan fingerprint density at radius 1 is 1.04 bits per heavy atom. The summed E-state index contributed by atoms with van der Waals surface area (Å²) in [5.41, 5.74) is 1.99. The van der Waals surface area contributed by atoms with Gasteiger partial charge < -0.3 is 19.0 Å². The molecule has 1 fully saturated rings. The van der Waals surface area contributed by atoms with Crippen molar-refractivity contribution in [1.29, 1.82) is 0 Å². The van der Waals surface area contributed by atoms with Gasteiger partial charge in [-0.05, 0) is 17.7 Å². The van der Waals surface area contributed by atoms with E-state index in [9.17, 15) is 4.79 Å². The molecule has 0 amide bonds. The molecule has 2 N–H and O–H groups in total. The third kappa shape index (κ3) is 4.04. The number of nitrogens with one attached hydrogen (secondary N) is 2. The maximum absolute atomic E-state index is 12.8. The fourth-order valence-corrected chi connectivity index (χ4v) is 3.61. The largest absolute Gasteiger partial charge is 0.488 e. The number of hydrogen-bond acceptors (Lipinski definition) is 3. The SMILES string of the molecule is C[NH+]1CC[NH+](CCOc2ccc3c(=O)c(-c4ccccc4)coc3c2)CC1. The maximum Gasteiger partial charge on any atom is 0.200 e. The summed E-state index contributed by atoms with van der Waals surface area (Å²) in [6.07, 6.45) is 1.54. The molecule has 1 aliphatic heterocycles. The second kappa shape index (κ2) is 7.94. The fraction of sp³-hybridized carbons (Fsp3) is 0.318. The second-order valence-corrected chi connectivity index (χ2v) is 7.31. The van der Waals surface area contributed by atoms with Crippen LogP contribution >= 0.6 is 0 Å². The minimum atomic E-state index is -0.0154. The van der Waals surface area contributed by atoms with E-state index in [1.54, 1.807) is 22.1 Å². The molecule has 0 radical (unpaired) electrons. The molecule has 0 spiro atoms. The molecule has 4 rings (SSSR count). The summed E-state index contributed by atoms with van der Waals surface area (Å²) in [5, 5.41) is 0.580. The molecule has 2 heterocycles. The molecule has 3 aromatic rings. The Labute approximate surface area is 158 Å². The minimum Gasteiger partial charge on any atom is -0.488 e. The zero-order chi connectivity index (χ0) is 18.6. The zero-order valence-electron chi connectivity index (χ0n) is 15.7. The van der Waals surface area contributed by atoms with E-state index in [1.807, 2.05) is 42.5 Å². The van der Waals surface area contributed by atoms with Gasteiger partial charge in [-0.15, -0.1) is 0 Å². The van der Waals surface area contributed by atoms with Crippen LogP contribution in [0.25, 0.3) is 22.1 Å². The standard InChI is InChI=1S/C22H24N2O3/c1-23-9-11-24(12-10-23)13-14-26-18-7-8-19-21(15-18)27-16-20(22(19)25)17-5-3-2-4-6-17/h2-8,15-16H,9-14H2,1H3/p+2. The van der Waals surface area contributed by atoms with Gasteiger partial charge in [0.05, 0.1) is 18.0 Å².